The van der Waals surface area contributed by atoms with Crippen LogP contribution in [0.5, 0.6) is 0 Å². The molecule has 21 heavy (non-hydrogen) atoms. The Kier molecular flexibility index (Phi) is 2.41. The zero-order valence-electron chi connectivity index (χ0n) is 11.0. The van der Waals surface area contributed by atoms with E-state index in [0.29, 0.717) is 0 Å². The molecule has 100 valence electrons. The molecule has 0 saturated heterocycles. The van der Waals surface area contributed by atoms with Gasteiger partial charge in [-0.1, -0.05) is 24.3 Å². The van der Waals surface area contributed by atoms with Crippen LogP contribution in [0.2, 0.25) is 0 Å². The summed E-state index contributed by atoms with van der Waals surface area (Å²) in [4.78, 5) is 3.55. The Hall–Kier alpha value is -1.59. The van der Waals surface area contributed by atoms with Crippen LogP contribution in [-0.2, 0) is 0 Å². The van der Waals surface area contributed by atoms with Crippen molar-refractivity contribution in [3.8, 4) is 0 Å². The fraction of sp³-hybridized carbons (Fsp3) is 0. The van der Waals surface area contributed by atoms with Gasteiger partial charge in [-0.25, -0.2) is 0 Å². The van der Waals surface area contributed by atoms with Crippen LogP contribution in [-0.4, -0.2) is 4.98 Å². The molecule has 2 heterocycles. The van der Waals surface area contributed by atoms with Crippen LogP contribution in [0.25, 0.3) is 42.0 Å². The third kappa shape index (κ3) is 1.61. The lowest BCUT2D eigenvalue weighted by Crippen LogP contribution is -1.71. The summed E-state index contributed by atoms with van der Waals surface area (Å²) in [5.74, 6) is 0. The molecule has 1 nitrogen and oxygen atoms in total. The molecule has 0 atom stereocenters. The summed E-state index contributed by atoms with van der Waals surface area (Å²) in [6.45, 7) is 0. The van der Waals surface area contributed by atoms with Crippen LogP contribution in [0.1, 0.15) is 0 Å². The summed E-state index contributed by atoms with van der Waals surface area (Å²) in [5.41, 5.74) is 2.45. The molecule has 0 unspecified atom stereocenters. The van der Waals surface area contributed by atoms with Crippen molar-refractivity contribution in [1.29, 1.82) is 0 Å². The first-order valence-corrected chi connectivity index (χ1v) is 8.72. The first-order chi connectivity index (χ1) is 10.3. The molecule has 0 radical (unpaired) electrons. The quantitative estimate of drug-likeness (QED) is 0.295. The number of nitrogens with one attached hydrogen (secondary N) is 1. The van der Waals surface area contributed by atoms with Gasteiger partial charge in [0.05, 0.1) is 0 Å². The Morgan fingerprint density at radius 3 is 2.62 bits per heavy atom. The van der Waals surface area contributed by atoms with Crippen LogP contribution < -0.4 is 0 Å². The largest absolute Gasteiger partial charge is 0.354 e. The second-order valence-electron chi connectivity index (χ2n) is 5.28. The number of hydrogen-bond acceptors (Lipinski definition) is 1. The summed E-state index contributed by atoms with van der Waals surface area (Å²) in [6.07, 6.45) is 0. The zero-order chi connectivity index (χ0) is 14.0. The average Bonchev–Trinajstić information content (AvgIpc) is 3.04. The van der Waals surface area contributed by atoms with Crippen LogP contribution >= 0.6 is 33.9 Å². The molecule has 2 aromatic heterocycles. The van der Waals surface area contributed by atoms with Crippen molar-refractivity contribution in [3.05, 3.63) is 58.2 Å². The van der Waals surface area contributed by atoms with Gasteiger partial charge < -0.3 is 4.98 Å². The second-order valence-corrected chi connectivity index (χ2v) is 7.58. The summed E-state index contributed by atoms with van der Waals surface area (Å²) in [7, 11) is 0. The van der Waals surface area contributed by atoms with Gasteiger partial charge in [-0.15, -0.1) is 11.3 Å². The highest BCUT2D eigenvalue weighted by Gasteiger charge is 2.12. The molecule has 0 fully saturated rings. The summed E-state index contributed by atoms with van der Waals surface area (Å²) in [5, 5.41) is 5.42. The number of aromatic amines is 1. The van der Waals surface area contributed by atoms with E-state index in [1.807, 2.05) is 11.3 Å². The number of thiophene rings is 1. The minimum Gasteiger partial charge on any atom is -0.354 e. The molecule has 1 N–H and O–H groups in total. The standard InChI is InChI=1S/C18H10INS/c19-10-5-7-14-13(9-10)17-15(20-14)8-6-12-11-3-1-2-4-16(11)21-18(12)17/h1-9,20H. The molecule has 3 heteroatoms. The Morgan fingerprint density at radius 2 is 1.67 bits per heavy atom. The summed E-state index contributed by atoms with van der Waals surface area (Å²) < 4.78 is 4.03. The van der Waals surface area contributed by atoms with Crippen LogP contribution in [0, 0.1) is 3.57 Å². The van der Waals surface area contributed by atoms with E-state index in [0.717, 1.165) is 0 Å². The maximum absolute atomic E-state index is 3.55. The van der Waals surface area contributed by atoms with Crippen molar-refractivity contribution in [1.82, 2.24) is 4.98 Å². The molecular weight excluding hydrogens is 389 g/mol. The van der Waals surface area contributed by atoms with Gasteiger partial charge in [0.2, 0.25) is 0 Å². The van der Waals surface area contributed by atoms with Gasteiger partial charge in [0, 0.05) is 45.5 Å². The molecule has 5 aromatic rings. The molecule has 0 aliphatic heterocycles. The lowest BCUT2D eigenvalue weighted by molar-refractivity contribution is 1.55. The highest BCUT2D eigenvalue weighted by molar-refractivity contribution is 14.1. The second kappa shape index (κ2) is 4.21. The predicted molar refractivity (Wildman–Crippen MR) is 101 cm³/mol. The van der Waals surface area contributed by atoms with E-state index >= 15 is 0 Å². The monoisotopic (exact) mass is 399 g/mol. The number of halogens is 1. The fourth-order valence-corrected chi connectivity index (χ4v) is 4.89. The Labute approximate surface area is 138 Å². The van der Waals surface area contributed by atoms with Gasteiger partial charge in [0.25, 0.3) is 0 Å². The molecule has 5 rings (SSSR count). The smallest absolute Gasteiger partial charge is 0.0479 e. The lowest BCUT2D eigenvalue weighted by atomic mass is 10.1. The van der Waals surface area contributed by atoms with Crippen molar-refractivity contribution in [2.75, 3.05) is 0 Å². The normalized spacial score (nSPS) is 12.0. The Bertz CT molecular complexity index is 1150. The molecule has 0 spiro atoms. The lowest BCUT2D eigenvalue weighted by Gasteiger charge is -1.95. The molecular formula is C18H10INS. The van der Waals surface area contributed by atoms with Crippen molar-refractivity contribution < 1.29 is 0 Å². The number of benzene rings is 3. The van der Waals surface area contributed by atoms with E-state index in [1.165, 1.54) is 45.5 Å². The van der Waals surface area contributed by atoms with Gasteiger partial charge in [0.1, 0.15) is 0 Å². The number of H-pyrrole nitrogens is 1. The topological polar surface area (TPSA) is 15.8 Å². The summed E-state index contributed by atoms with van der Waals surface area (Å²) in [6, 6.07) is 19.7. The van der Waals surface area contributed by atoms with Gasteiger partial charge >= 0.3 is 0 Å². The minimum atomic E-state index is 1.22. The summed E-state index contributed by atoms with van der Waals surface area (Å²) >= 11 is 4.28. The Balaban J connectivity index is 2.11. The van der Waals surface area contributed by atoms with Crippen LogP contribution in [0.15, 0.2) is 54.6 Å². The molecule has 0 amide bonds. The predicted octanol–water partition coefficient (Wildman–Crippen LogP) is 6.29. The molecule has 0 aliphatic rings. The van der Waals surface area contributed by atoms with E-state index < -0.39 is 0 Å². The molecule has 0 bridgehead atoms. The van der Waals surface area contributed by atoms with Crippen molar-refractivity contribution in [2.24, 2.45) is 0 Å². The number of aromatic nitrogens is 1. The Morgan fingerprint density at radius 1 is 0.810 bits per heavy atom. The van der Waals surface area contributed by atoms with E-state index in [1.54, 1.807) is 0 Å². The van der Waals surface area contributed by atoms with Crippen molar-refractivity contribution >= 4 is 75.9 Å². The highest BCUT2D eigenvalue weighted by Crippen LogP contribution is 2.41. The van der Waals surface area contributed by atoms with Gasteiger partial charge in [-0.05, 0) is 52.9 Å². The molecule has 0 aliphatic carbocycles. The third-order valence-electron chi connectivity index (χ3n) is 4.07. The SMILES string of the molecule is Ic1ccc2[nH]c3ccc4c5ccccc5sc4c3c2c1. The van der Waals surface area contributed by atoms with E-state index in [9.17, 15) is 0 Å². The fourth-order valence-electron chi connectivity index (χ4n) is 3.14. The number of hydrogen-bond donors (Lipinski definition) is 1. The first kappa shape index (κ1) is 12.0. The maximum atomic E-state index is 3.55. The van der Waals surface area contributed by atoms with E-state index in [4.69, 9.17) is 0 Å². The third-order valence-corrected chi connectivity index (χ3v) is 5.94. The van der Waals surface area contributed by atoms with Gasteiger partial charge in [-0.2, -0.15) is 0 Å². The number of rotatable bonds is 0. The van der Waals surface area contributed by atoms with Crippen molar-refractivity contribution in [2.45, 2.75) is 0 Å². The minimum absolute atomic E-state index is 1.22. The average molecular weight is 399 g/mol. The number of fused-ring (bicyclic) bond motifs is 7. The highest BCUT2D eigenvalue weighted by atomic mass is 127. The van der Waals surface area contributed by atoms with Gasteiger partial charge in [0.15, 0.2) is 0 Å². The molecule has 3 aromatic carbocycles. The van der Waals surface area contributed by atoms with Crippen LogP contribution in [0.4, 0.5) is 0 Å². The van der Waals surface area contributed by atoms with E-state index in [-0.39, 0.29) is 0 Å². The maximum Gasteiger partial charge on any atom is 0.0479 e. The first-order valence-electron chi connectivity index (χ1n) is 6.82. The van der Waals surface area contributed by atoms with Gasteiger partial charge in [-0.3, -0.25) is 0 Å². The zero-order valence-corrected chi connectivity index (χ0v) is 14.0. The molecule has 0 saturated carbocycles. The van der Waals surface area contributed by atoms with E-state index in [2.05, 4.69) is 82.2 Å². The van der Waals surface area contributed by atoms with Crippen LogP contribution in [0.3, 0.4) is 0 Å². The van der Waals surface area contributed by atoms with Crippen molar-refractivity contribution in [3.63, 3.8) is 0 Å².